The van der Waals surface area contributed by atoms with Gasteiger partial charge in [-0.15, -0.1) is 0 Å². The Balaban J connectivity index is 2.72. The minimum atomic E-state index is -0.839. The first kappa shape index (κ1) is 16.4. The molecule has 0 amide bonds. The smallest absolute Gasteiger partial charge is 0.270 e. The summed E-state index contributed by atoms with van der Waals surface area (Å²) in [4.78, 5) is 10.2. The van der Waals surface area contributed by atoms with Gasteiger partial charge in [0, 0.05) is 17.7 Å². The van der Waals surface area contributed by atoms with Gasteiger partial charge in [-0.25, -0.2) is 0 Å². The number of non-ortho nitro benzene ring substituents is 1. The molecule has 6 heteroatoms. The Morgan fingerprint density at radius 3 is 2.50 bits per heavy atom. The second kappa shape index (κ2) is 6.67. The van der Waals surface area contributed by atoms with Crippen molar-refractivity contribution in [2.75, 3.05) is 13.2 Å². The van der Waals surface area contributed by atoms with Crippen LogP contribution in [0.15, 0.2) is 18.2 Å². The minimum absolute atomic E-state index is 0.0702. The molecule has 0 aliphatic carbocycles. The zero-order chi connectivity index (χ0) is 15.3. The molecule has 1 aromatic carbocycles. The lowest BCUT2D eigenvalue weighted by molar-refractivity contribution is -0.385. The molecule has 1 rings (SSSR count). The third kappa shape index (κ3) is 5.14. The summed E-state index contributed by atoms with van der Waals surface area (Å²) in [5.74, 6) is 0.433. The van der Waals surface area contributed by atoms with Crippen LogP contribution in [0.1, 0.15) is 39.4 Å². The van der Waals surface area contributed by atoms with Gasteiger partial charge >= 0.3 is 0 Å². The van der Waals surface area contributed by atoms with Crippen LogP contribution in [0.5, 0.6) is 5.75 Å². The van der Waals surface area contributed by atoms with Crippen LogP contribution in [0.4, 0.5) is 5.69 Å². The second-order valence-corrected chi connectivity index (χ2v) is 5.46. The molecule has 6 nitrogen and oxygen atoms in total. The van der Waals surface area contributed by atoms with Crippen LogP contribution in [0.3, 0.4) is 0 Å². The molecule has 1 unspecified atom stereocenters. The van der Waals surface area contributed by atoms with Crippen molar-refractivity contribution in [2.45, 2.75) is 39.4 Å². The maximum atomic E-state index is 10.7. The number of aliphatic hydroxyl groups is 1. The second-order valence-electron chi connectivity index (χ2n) is 5.46. The molecule has 0 radical (unpaired) electrons. The molecular formula is C14H21NO5. The first-order valence-corrected chi connectivity index (χ1v) is 6.44. The van der Waals surface area contributed by atoms with Gasteiger partial charge in [-0.1, -0.05) is 0 Å². The number of nitrogens with zero attached hydrogens (tertiary/aromatic N) is 1. The van der Waals surface area contributed by atoms with Gasteiger partial charge in [-0.05, 0) is 33.8 Å². The summed E-state index contributed by atoms with van der Waals surface area (Å²) < 4.78 is 11.0. The Labute approximate surface area is 118 Å². The van der Waals surface area contributed by atoms with Gasteiger partial charge in [0.1, 0.15) is 12.4 Å². The number of hydrogen-bond donors (Lipinski definition) is 1. The molecule has 20 heavy (non-hydrogen) atoms. The van der Waals surface area contributed by atoms with Gasteiger partial charge in [-0.3, -0.25) is 10.1 Å². The highest BCUT2D eigenvalue weighted by Crippen LogP contribution is 2.29. The predicted molar refractivity (Wildman–Crippen MR) is 74.9 cm³/mol. The Bertz CT molecular complexity index is 465. The van der Waals surface area contributed by atoms with E-state index in [1.807, 2.05) is 20.8 Å². The molecule has 0 fully saturated rings. The standard InChI is InChI=1S/C14H21NO5/c1-10(16)12-9-11(15(17)18)5-6-13(12)19-7-8-20-14(2,3)4/h5-6,9-10,16H,7-8H2,1-4H3. The lowest BCUT2D eigenvalue weighted by atomic mass is 10.1. The maximum absolute atomic E-state index is 10.7. The van der Waals surface area contributed by atoms with Crippen LogP contribution in [0.25, 0.3) is 0 Å². The average molecular weight is 283 g/mol. The number of nitro groups is 1. The van der Waals surface area contributed by atoms with E-state index in [9.17, 15) is 15.2 Å². The largest absolute Gasteiger partial charge is 0.491 e. The monoisotopic (exact) mass is 283 g/mol. The highest BCUT2D eigenvalue weighted by molar-refractivity contribution is 5.44. The Kier molecular flexibility index (Phi) is 5.47. The van der Waals surface area contributed by atoms with Crippen LogP contribution >= 0.6 is 0 Å². The van der Waals surface area contributed by atoms with E-state index in [2.05, 4.69) is 0 Å². The topological polar surface area (TPSA) is 81.8 Å². The van der Waals surface area contributed by atoms with Crippen molar-refractivity contribution >= 4 is 5.69 Å². The van der Waals surface area contributed by atoms with Crippen LogP contribution < -0.4 is 4.74 Å². The van der Waals surface area contributed by atoms with Gasteiger partial charge in [0.05, 0.1) is 23.2 Å². The van der Waals surface area contributed by atoms with E-state index in [-0.39, 0.29) is 11.3 Å². The van der Waals surface area contributed by atoms with Crippen molar-refractivity contribution in [3.05, 3.63) is 33.9 Å². The lowest BCUT2D eigenvalue weighted by Gasteiger charge is -2.20. The van der Waals surface area contributed by atoms with Crippen molar-refractivity contribution in [1.82, 2.24) is 0 Å². The number of benzene rings is 1. The predicted octanol–water partition coefficient (Wildman–Crippen LogP) is 2.84. The van der Waals surface area contributed by atoms with Crippen LogP contribution in [0, 0.1) is 10.1 Å². The van der Waals surface area contributed by atoms with E-state index in [0.29, 0.717) is 24.5 Å². The quantitative estimate of drug-likeness (QED) is 0.493. The van der Waals surface area contributed by atoms with Gasteiger partial charge < -0.3 is 14.6 Å². The number of rotatable bonds is 6. The SMILES string of the molecule is CC(O)c1cc([N+](=O)[O-])ccc1OCCOC(C)(C)C. The number of hydrogen-bond acceptors (Lipinski definition) is 5. The Morgan fingerprint density at radius 1 is 1.35 bits per heavy atom. The summed E-state index contributed by atoms with van der Waals surface area (Å²) in [6, 6.07) is 4.17. The molecule has 0 aliphatic heterocycles. The van der Waals surface area contributed by atoms with E-state index in [1.54, 1.807) is 0 Å². The summed E-state index contributed by atoms with van der Waals surface area (Å²) >= 11 is 0. The van der Waals surface area contributed by atoms with E-state index in [0.717, 1.165) is 0 Å². The van der Waals surface area contributed by atoms with E-state index in [1.165, 1.54) is 25.1 Å². The van der Waals surface area contributed by atoms with E-state index in [4.69, 9.17) is 9.47 Å². The third-order valence-corrected chi connectivity index (χ3v) is 2.53. The van der Waals surface area contributed by atoms with Crippen molar-refractivity contribution < 1.29 is 19.5 Å². The van der Waals surface area contributed by atoms with Crippen LogP contribution in [0.2, 0.25) is 0 Å². The Morgan fingerprint density at radius 2 is 2.00 bits per heavy atom. The van der Waals surface area contributed by atoms with Gasteiger partial charge in [0.2, 0.25) is 0 Å². The molecule has 0 aliphatic rings. The van der Waals surface area contributed by atoms with Gasteiger partial charge in [-0.2, -0.15) is 0 Å². The lowest BCUT2D eigenvalue weighted by Crippen LogP contribution is -2.22. The summed E-state index contributed by atoms with van der Waals surface area (Å²) in [7, 11) is 0. The van der Waals surface area contributed by atoms with E-state index >= 15 is 0 Å². The zero-order valence-corrected chi connectivity index (χ0v) is 12.3. The van der Waals surface area contributed by atoms with Crippen LogP contribution in [-0.2, 0) is 4.74 Å². The van der Waals surface area contributed by atoms with Crippen molar-refractivity contribution in [1.29, 1.82) is 0 Å². The molecular weight excluding hydrogens is 262 g/mol. The summed E-state index contributed by atoms with van der Waals surface area (Å²) in [6.45, 7) is 8.09. The highest BCUT2D eigenvalue weighted by atomic mass is 16.6. The molecule has 0 bridgehead atoms. The molecule has 0 spiro atoms. The number of nitro benzene ring substituents is 1. The molecule has 1 atom stereocenters. The van der Waals surface area contributed by atoms with Crippen molar-refractivity contribution in [3.8, 4) is 5.75 Å². The molecule has 112 valence electrons. The molecule has 0 saturated carbocycles. The molecule has 0 heterocycles. The first-order valence-electron chi connectivity index (χ1n) is 6.44. The fourth-order valence-electron chi connectivity index (χ4n) is 1.61. The van der Waals surface area contributed by atoms with Crippen molar-refractivity contribution in [2.24, 2.45) is 0 Å². The number of aliphatic hydroxyl groups excluding tert-OH is 1. The summed E-state index contributed by atoms with van der Waals surface area (Å²) in [6.07, 6.45) is -0.839. The molecule has 0 saturated heterocycles. The molecule has 0 aromatic heterocycles. The Hall–Kier alpha value is -1.66. The highest BCUT2D eigenvalue weighted by Gasteiger charge is 2.16. The van der Waals surface area contributed by atoms with Gasteiger partial charge in [0.25, 0.3) is 5.69 Å². The van der Waals surface area contributed by atoms with E-state index < -0.39 is 11.0 Å². The summed E-state index contributed by atoms with van der Waals surface area (Å²) in [5.41, 5.74) is 0.0838. The average Bonchev–Trinajstić information content (AvgIpc) is 2.33. The first-order chi connectivity index (χ1) is 9.20. The molecule has 1 N–H and O–H groups in total. The minimum Gasteiger partial charge on any atom is -0.491 e. The third-order valence-electron chi connectivity index (χ3n) is 2.53. The number of ether oxygens (including phenoxy) is 2. The normalized spacial score (nSPS) is 13.1. The van der Waals surface area contributed by atoms with Crippen LogP contribution in [-0.4, -0.2) is 28.8 Å². The molecule has 1 aromatic rings. The summed E-state index contributed by atoms with van der Waals surface area (Å²) in [5, 5.41) is 20.4. The van der Waals surface area contributed by atoms with Gasteiger partial charge in [0.15, 0.2) is 0 Å². The zero-order valence-electron chi connectivity index (χ0n) is 12.3. The fourth-order valence-corrected chi connectivity index (χ4v) is 1.61. The fraction of sp³-hybridized carbons (Fsp3) is 0.571. The van der Waals surface area contributed by atoms with Crippen molar-refractivity contribution in [3.63, 3.8) is 0 Å². The maximum Gasteiger partial charge on any atom is 0.270 e.